The number of hydrogen-bond acceptors (Lipinski definition) is 1. The van der Waals surface area contributed by atoms with E-state index in [-0.39, 0.29) is 5.54 Å². The van der Waals surface area contributed by atoms with Gasteiger partial charge in [-0.15, -0.1) is 0 Å². The summed E-state index contributed by atoms with van der Waals surface area (Å²) in [6.07, 6.45) is 0. The van der Waals surface area contributed by atoms with Crippen molar-refractivity contribution in [3.05, 3.63) is 28.8 Å². The molecule has 1 aromatic carbocycles. The number of ether oxygens (including phenoxy) is 1. The third-order valence-corrected chi connectivity index (χ3v) is 2.41. The van der Waals surface area contributed by atoms with Gasteiger partial charge in [-0.25, -0.2) is 0 Å². The Morgan fingerprint density at radius 1 is 1.33 bits per heavy atom. The Kier molecular flexibility index (Phi) is 4.00. The fourth-order valence-corrected chi connectivity index (χ4v) is 1.52. The molecule has 0 amide bonds. The Hall–Kier alpha value is -0.730. The summed E-state index contributed by atoms with van der Waals surface area (Å²) in [5.74, 6) is 0.903. The van der Waals surface area contributed by atoms with E-state index in [0.717, 1.165) is 22.9 Å². The van der Waals surface area contributed by atoms with E-state index in [0.29, 0.717) is 0 Å². The number of rotatable bonds is 3. The van der Waals surface area contributed by atoms with Crippen molar-refractivity contribution in [2.24, 2.45) is 0 Å². The lowest BCUT2D eigenvalue weighted by Gasteiger charge is -2.18. The van der Waals surface area contributed by atoms with Crippen molar-refractivity contribution in [3.63, 3.8) is 0 Å². The molecule has 1 aromatic rings. The van der Waals surface area contributed by atoms with Gasteiger partial charge in [0.2, 0.25) is 0 Å². The van der Waals surface area contributed by atoms with Crippen molar-refractivity contribution in [1.82, 2.24) is 0 Å². The lowest BCUT2D eigenvalue weighted by Crippen LogP contribution is -2.92. The van der Waals surface area contributed by atoms with Gasteiger partial charge in [-0.05, 0) is 39.0 Å². The SMILES string of the molecule is COc1ccc(Cl)cc1C[NH2+]C(C)(C)C. The van der Waals surface area contributed by atoms with Crippen molar-refractivity contribution >= 4 is 11.6 Å². The first-order valence-electron chi connectivity index (χ1n) is 5.09. The summed E-state index contributed by atoms with van der Waals surface area (Å²) in [5.41, 5.74) is 1.35. The fourth-order valence-electron chi connectivity index (χ4n) is 1.32. The van der Waals surface area contributed by atoms with Crippen LogP contribution in [0.25, 0.3) is 0 Å². The first-order valence-corrected chi connectivity index (χ1v) is 5.47. The molecule has 0 aliphatic rings. The van der Waals surface area contributed by atoms with E-state index in [1.54, 1.807) is 7.11 Å². The van der Waals surface area contributed by atoms with E-state index in [4.69, 9.17) is 16.3 Å². The summed E-state index contributed by atoms with van der Waals surface area (Å²) < 4.78 is 5.29. The van der Waals surface area contributed by atoms with Gasteiger partial charge < -0.3 is 10.1 Å². The summed E-state index contributed by atoms with van der Waals surface area (Å²) >= 11 is 5.95. The van der Waals surface area contributed by atoms with Gasteiger partial charge in [0.05, 0.1) is 12.6 Å². The Bertz CT molecular complexity index is 331. The van der Waals surface area contributed by atoms with Crippen LogP contribution in [0.5, 0.6) is 5.75 Å². The van der Waals surface area contributed by atoms with Crippen molar-refractivity contribution in [2.45, 2.75) is 32.9 Å². The normalized spacial score (nSPS) is 11.5. The molecule has 0 saturated carbocycles. The molecule has 0 aromatic heterocycles. The van der Waals surface area contributed by atoms with E-state index in [1.165, 1.54) is 0 Å². The van der Waals surface area contributed by atoms with Gasteiger partial charge in [-0.3, -0.25) is 0 Å². The quantitative estimate of drug-likeness (QED) is 0.844. The maximum atomic E-state index is 5.95. The summed E-state index contributed by atoms with van der Waals surface area (Å²) in [5, 5.41) is 3.02. The van der Waals surface area contributed by atoms with E-state index in [2.05, 4.69) is 26.1 Å². The zero-order valence-electron chi connectivity index (χ0n) is 9.80. The summed E-state index contributed by atoms with van der Waals surface area (Å²) in [7, 11) is 1.68. The standard InChI is InChI=1S/C12H18ClNO/c1-12(2,3)14-8-9-7-10(13)5-6-11(9)15-4/h5-7,14H,8H2,1-4H3/p+1. The minimum Gasteiger partial charge on any atom is -0.496 e. The van der Waals surface area contributed by atoms with E-state index in [9.17, 15) is 0 Å². The number of nitrogens with two attached hydrogens (primary N) is 1. The van der Waals surface area contributed by atoms with Crippen LogP contribution in [0, 0.1) is 0 Å². The largest absolute Gasteiger partial charge is 0.496 e. The molecule has 0 unspecified atom stereocenters. The highest BCUT2D eigenvalue weighted by molar-refractivity contribution is 6.30. The molecule has 3 heteroatoms. The molecule has 1 rings (SSSR count). The van der Waals surface area contributed by atoms with Crippen LogP contribution in [0.3, 0.4) is 0 Å². The number of methoxy groups -OCH3 is 1. The van der Waals surface area contributed by atoms with Crippen LogP contribution in [-0.4, -0.2) is 12.6 Å². The minimum absolute atomic E-state index is 0.216. The molecule has 0 spiro atoms. The Labute approximate surface area is 96.6 Å². The first-order chi connectivity index (χ1) is 6.92. The number of hydrogen-bond donors (Lipinski definition) is 1. The van der Waals surface area contributed by atoms with Crippen LogP contribution in [0.1, 0.15) is 26.3 Å². The third-order valence-electron chi connectivity index (χ3n) is 2.18. The highest BCUT2D eigenvalue weighted by Gasteiger charge is 2.14. The van der Waals surface area contributed by atoms with Crippen molar-refractivity contribution < 1.29 is 10.1 Å². The number of benzene rings is 1. The molecule has 0 aliphatic heterocycles. The summed E-state index contributed by atoms with van der Waals surface area (Å²) in [6, 6.07) is 5.72. The van der Waals surface area contributed by atoms with E-state index >= 15 is 0 Å². The predicted molar refractivity (Wildman–Crippen MR) is 63.4 cm³/mol. The van der Waals surface area contributed by atoms with Gasteiger partial charge in [-0.1, -0.05) is 11.6 Å². The molecule has 0 bridgehead atoms. The van der Waals surface area contributed by atoms with Gasteiger partial charge in [0.1, 0.15) is 12.3 Å². The average Bonchev–Trinajstić information content (AvgIpc) is 2.14. The Balaban J connectivity index is 2.79. The van der Waals surface area contributed by atoms with Crippen LogP contribution in [0.4, 0.5) is 0 Å². The molecule has 0 aliphatic carbocycles. The van der Waals surface area contributed by atoms with Crippen molar-refractivity contribution in [3.8, 4) is 5.75 Å². The van der Waals surface area contributed by atoms with Gasteiger partial charge in [0.15, 0.2) is 0 Å². The second-order valence-corrected chi connectivity index (χ2v) is 5.17. The van der Waals surface area contributed by atoms with Crippen LogP contribution >= 0.6 is 11.6 Å². The lowest BCUT2D eigenvalue weighted by molar-refractivity contribution is -0.731. The Morgan fingerprint density at radius 2 is 2.00 bits per heavy atom. The van der Waals surface area contributed by atoms with E-state index in [1.807, 2.05) is 18.2 Å². The van der Waals surface area contributed by atoms with Crippen LogP contribution < -0.4 is 10.1 Å². The van der Waals surface area contributed by atoms with Crippen LogP contribution in [-0.2, 0) is 6.54 Å². The predicted octanol–water partition coefficient (Wildman–Crippen LogP) is 2.21. The van der Waals surface area contributed by atoms with Crippen LogP contribution in [0.2, 0.25) is 5.02 Å². The first kappa shape index (κ1) is 12.3. The fraction of sp³-hybridized carbons (Fsp3) is 0.500. The molecule has 0 atom stereocenters. The maximum absolute atomic E-state index is 5.95. The van der Waals surface area contributed by atoms with Gasteiger partial charge in [0, 0.05) is 10.6 Å². The topological polar surface area (TPSA) is 25.8 Å². The summed E-state index contributed by atoms with van der Waals surface area (Å²) in [4.78, 5) is 0. The minimum atomic E-state index is 0.216. The molecule has 15 heavy (non-hydrogen) atoms. The number of quaternary nitrogens is 1. The Morgan fingerprint density at radius 3 is 2.53 bits per heavy atom. The third kappa shape index (κ3) is 4.10. The maximum Gasteiger partial charge on any atom is 0.127 e. The highest BCUT2D eigenvalue weighted by Crippen LogP contribution is 2.21. The molecule has 2 nitrogen and oxygen atoms in total. The molecule has 0 fully saturated rings. The van der Waals surface area contributed by atoms with Gasteiger partial charge in [0.25, 0.3) is 0 Å². The molecule has 2 N–H and O–H groups in total. The van der Waals surface area contributed by atoms with Crippen molar-refractivity contribution in [2.75, 3.05) is 7.11 Å². The molecule has 0 heterocycles. The van der Waals surface area contributed by atoms with Gasteiger partial charge in [-0.2, -0.15) is 0 Å². The average molecular weight is 229 g/mol. The zero-order chi connectivity index (χ0) is 11.5. The second-order valence-electron chi connectivity index (χ2n) is 4.73. The number of halogens is 1. The smallest absolute Gasteiger partial charge is 0.127 e. The second kappa shape index (κ2) is 4.86. The lowest BCUT2D eigenvalue weighted by atomic mass is 10.1. The summed E-state index contributed by atoms with van der Waals surface area (Å²) in [6.45, 7) is 7.44. The molecular formula is C12H19ClNO+. The highest BCUT2D eigenvalue weighted by atomic mass is 35.5. The molecule has 0 radical (unpaired) electrons. The zero-order valence-corrected chi connectivity index (χ0v) is 10.6. The molecule has 0 saturated heterocycles. The molecular weight excluding hydrogens is 210 g/mol. The van der Waals surface area contributed by atoms with E-state index < -0.39 is 0 Å². The van der Waals surface area contributed by atoms with Crippen molar-refractivity contribution in [1.29, 1.82) is 0 Å². The van der Waals surface area contributed by atoms with Crippen LogP contribution in [0.15, 0.2) is 18.2 Å². The molecule has 84 valence electrons. The monoisotopic (exact) mass is 228 g/mol. The van der Waals surface area contributed by atoms with Gasteiger partial charge >= 0.3 is 0 Å².